The normalized spacial score (nSPS) is 10.1. The van der Waals surface area contributed by atoms with E-state index in [2.05, 4.69) is 5.92 Å². The first kappa shape index (κ1) is 11.6. The Balaban J connectivity index is 3.08. The van der Waals surface area contributed by atoms with Gasteiger partial charge in [-0.1, -0.05) is 12.0 Å². The summed E-state index contributed by atoms with van der Waals surface area (Å²) in [6, 6.07) is 5.47. The van der Waals surface area contributed by atoms with Crippen LogP contribution in [0.3, 0.4) is 0 Å². The lowest BCUT2D eigenvalue weighted by molar-refractivity contribution is -0.106. The van der Waals surface area contributed by atoms with E-state index in [1.807, 2.05) is 12.1 Å². The number of rotatable bonds is 4. The Hall–Kier alpha value is -1.50. The third kappa shape index (κ3) is 2.50. The predicted octanol–water partition coefficient (Wildman–Crippen LogP) is 1.97. The molecule has 3 heteroatoms. The summed E-state index contributed by atoms with van der Waals surface area (Å²) in [6.07, 6.45) is 4.93. The van der Waals surface area contributed by atoms with E-state index in [9.17, 15) is 0 Å². The van der Waals surface area contributed by atoms with Gasteiger partial charge in [-0.2, -0.15) is 0 Å². The first-order valence-electron chi connectivity index (χ1n) is 4.47. The Kier molecular flexibility index (Phi) is 4.17. The van der Waals surface area contributed by atoms with Crippen molar-refractivity contribution < 1.29 is 14.2 Å². The molecule has 0 aromatic heterocycles. The molecule has 0 fully saturated rings. The molecule has 0 saturated carbocycles. The second-order valence-corrected chi connectivity index (χ2v) is 2.91. The number of hydrogen-bond acceptors (Lipinski definition) is 3. The zero-order valence-electron chi connectivity index (χ0n) is 9.11. The topological polar surface area (TPSA) is 27.7 Å². The molecular formula is C12H14O3. The molecule has 0 spiro atoms. The maximum absolute atomic E-state index is 5.32. The predicted molar refractivity (Wildman–Crippen MR) is 57.7 cm³/mol. The van der Waals surface area contributed by atoms with Crippen molar-refractivity contribution in [2.45, 2.75) is 6.29 Å². The molecule has 0 N–H and O–H groups in total. The van der Waals surface area contributed by atoms with Crippen LogP contribution in [0.15, 0.2) is 18.2 Å². The van der Waals surface area contributed by atoms with E-state index in [0.717, 1.165) is 5.56 Å². The van der Waals surface area contributed by atoms with Gasteiger partial charge in [0.15, 0.2) is 6.29 Å². The standard InChI is InChI=1S/C12H14O3/c1-5-9-6-7-10(8-11(9)13-2)12(14-3)15-4/h1,6-8,12H,2-4H3. The lowest BCUT2D eigenvalue weighted by Gasteiger charge is -2.15. The van der Waals surface area contributed by atoms with Crippen LogP contribution in [-0.2, 0) is 9.47 Å². The summed E-state index contributed by atoms with van der Waals surface area (Å²) in [5.74, 6) is 3.19. The van der Waals surface area contributed by atoms with Crippen molar-refractivity contribution in [3.8, 4) is 18.1 Å². The average Bonchev–Trinajstić information content (AvgIpc) is 2.30. The van der Waals surface area contributed by atoms with E-state index >= 15 is 0 Å². The van der Waals surface area contributed by atoms with Crippen LogP contribution in [0.25, 0.3) is 0 Å². The van der Waals surface area contributed by atoms with Crippen molar-refractivity contribution in [2.24, 2.45) is 0 Å². The number of hydrogen-bond donors (Lipinski definition) is 0. The molecule has 0 bridgehead atoms. The average molecular weight is 206 g/mol. The minimum absolute atomic E-state index is 0.397. The highest BCUT2D eigenvalue weighted by molar-refractivity contribution is 5.47. The number of benzene rings is 1. The first-order valence-corrected chi connectivity index (χ1v) is 4.47. The van der Waals surface area contributed by atoms with Gasteiger partial charge in [-0.25, -0.2) is 0 Å². The van der Waals surface area contributed by atoms with Crippen molar-refractivity contribution >= 4 is 0 Å². The monoisotopic (exact) mass is 206 g/mol. The van der Waals surface area contributed by atoms with Gasteiger partial charge >= 0.3 is 0 Å². The van der Waals surface area contributed by atoms with Gasteiger partial charge < -0.3 is 14.2 Å². The first-order chi connectivity index (χ1) is 7.26. The van der Waals surface area contributed by atoms with E-state index in [1.165, 1.54) is 0 Å². The number of terminal acetylenes is 1. The van der Waals surface area contributed by atoms with Gasteiger partial charge in [0.2, 0.25) is 0 Å². The molecule has 1 aromatic carbocycles. The second-order valence-electron chi connectivity index (χ2n) is 2.91. The molecular weight excluding hydrogens is 192 g/mol. The molecule has 0 heterocycles. The van der Waals surface area contributed by atoms with E-state index in [-0.39, 0.29) is 0 Å². The van der Waals surface area contributed by atoms with Gasteiger partial charge in [-0.3, -0.25) is 0 Å². The van der Waals surface area contributed by atoms with E-state index in [4.69, 9.17) is 20.6 Å². The smallest absolute Gasteiger partial charge is 0.183 e. The molecule has 0 saturated heterocycles. The van der Waals surface area contributed by atoms with E-state index in [0.29, 0.717) is 11.3 Å². The van der Waals surface area contributed by atoms with Crippen LogP contribution in [0.5, 0.6) is 5.75 Å². The van der Waals surface area contributed by atoms with Gasteiger partial charge in [-0.15, -0.1) is 6.42 Å². The Morgan fingerprint density at radius 2 is 1.87 bits per heavy atom. The Labute approximate surface area is 90.0 Å². The van der Waals surface area contributed by atoms with Crippen LogP contribution < -0.4 is 4.74 Å². The van der Waals surface area contributed by atoms with Crippen molar-refractivity contribution in [3.05, 3.63) is 29.3 Å². The maximum atomic E-state index is 5.32. The summed E-state index contributed by atoms with van der Waals surface area (Å²) in [6.45, 7) is 0. The molecule has 0 aliphatic heterocycles. The van der Waals surface area contributed by atoms with Gasteiger partial charge in [0.1, 0.15) is 5.75 Å². The van der Waals surface area contributed by atoms with Crippen LogP contribution >= 0.6 is 0 Å². The summed E-state index contributed by atoms with van der Waals surface area (Å²) >= 11 is 0. The van der Waals surface area contributed by atoms with Crippen LogP contribution in [0.4, 0.5) is 0 Å². The largest absolute Gasteiger partial charge is 0.495 e. The molecule has 0 aliphatic rings. The minimum Gasteiger partial charge on any atom is -0.495 e. The van der Waals surface area contributed by atoms with E-state index < -0.39 is 6.29 Å². The molecule has 3 nitrogen and oxygen atoms in total. The van der Waals surface area contributed by atoms with Crippen molar-refractivity contribution in [1.29, 1.82) is 0 Å². The molecule has 0 aliphatic carbocycles. The summed E-state index contributed by atoms with van der Waals surface area (Å²) in [5.41, 5.74) is 1.59. The highest BCUT2D eigenvalue weighted by atomic mass is 16.7. The SMILES string of the molecule is C#Cc1ccc(C(OC)OC)cc1OC. The minimum atomic E-state index is -0.397. The van der Waals surface area contributed by atoms with Crippen LogP contribution in [-0.4, -0.2) is 21.3 Å². The van der Waals surface area contributed by atoms with Crippen LogP contribution in [0, 0.1) is 12.3 Å². The summed E-state index contributed by atoms with van der Waals surface area (Å²) < 4.78 is 15.4. The fraction of sp³-hybridized carbons (Fsp3) is 0.333. The molecule has 0 radical (unpaired) electrons. The fourth-order valence-corrected chi connectivity index (χ4v) is 1.34. The fourth-order valence-electron chi connectivity index (χ4n) is 1.34. The maximum Gasteiger partial charge on any atom is 0.183 e. The molecule has 80 valence electrons. The summed E-state index contributed by atoms with van der Waals surface area (Å²) in [7, 11) is 4.74. The van der Waals surface area contributed by atoms with Crippen LogP contribution in [0.2, 0.25) is 0 Å². The highest BCUT2D eigenvalue weighted by Crippen LogP contribution is 2.25. The lowest BCUT2D eigenvalue weighted by Crippen LogP contribution is -2.04. The molecule has 1 rings (SSSR count). The third-order valence-corrected chi connectivity index (χ3v) is 2.08. The number of methoxy groups -OCH3 is 3. The second kappa shape index (κ2) is 5.40. The van der Waals surface area contributed by atoms with Crippen molar-refractivity contribution in [2.75, 3.05) is 21.3 Å². The Morgan fingerprint density at radius 3 is 2.33 bits per heavy atom. The third-order valence-electron chi connectivity index (χ3n) is 2.08. The molecule has 1 aromatic rings. The quantitative estimate of drug-likeness (QED) is 0.557. The number of ether oxygens (including phenoxy) is 3. The zero-order valence-corrected chi connectivity index (χ0v) is 9.11. The highest BCUT2D eigenvalue weighted by Gasteiger charge is 2.11. The van der Waals surface area contributed by atoms with Gasteiger partial charge in [0.25, 0.3) is 0 Å². The zero-order chi connectivity index (χ0) is 11.3. The van der Waals surface area contributed by atoms with Gasteiger partial charge in [0.05, 0.1) is 12.7 Å². The van der Waals surface area contributed by atoms with Crippen LogP contribution in [0.1, 0.15) is 17.4 Å². The molecule has 0 unspecified atom stereocenters. The lowest BCUT2D eigenvalue weighted by atomic mass is 10.1. The molecule has 0 atom stereocenters. The molecule has 0 amide bonds. The van der Waals surface area contributed by atoms with Gasteiger partial charge in [0, 0.05) is 19.8 Å². The summed E-state index contributed by atoms with van der Waals surface area (Å²) in [5, 5.41) is 0. The van der Waals surface area contributed by atoms with Gasteiger partial charge in [-0.05, 0) is 12.1 Å². The Morgan fingerprint density at radius 1 is 1.20 bits per heavy atom. The van der Waals surface area contributed by atoms with Crippen molar-refractivity contribution in [3.63, 3.8) is 0 Å². The van der Waals surface area contributed by atoms with E-state index in [1.54, 1.807) is 27.4 Å². The summed E-state index contributed by atoms with van der Waals surface area (Å²) in [4.78, 5) is 0. The van der Waals surface area contributed by atoms with Crippen molar-refractivity contribution in [1.82, 2.24) is 0 Å². The molecule has 15 heavy (non-hydrogen) atoms. The Bertz CT molecular complexity index is 362.